The zero-order chi connectivity index (χ0) is 13.1. The zero-order valence-electron chi connectivity index (χ0n) is 10.6. The molecule has 4 nitrogen and oxygen atoms in total. The highest BCUT2D eigenvalue weighted by atomic mass is 79.9. The lowest BCUT2D eigenvalue weighted by molar-refractivity contribution is 0.316. The molecule has 1 unspecified atom stereocenters. The van der Waals surface area contributed by atoms with E-state index in [2.05, 4.69) is 31.4 Å². The third-order valence-corrected chi connectivity index (χ3v) is 3.91. The normalized spacial score (nSPS) is 19.5. The standard InChI is InChI=1S/C14H16BrN3O/c15-12-5-1-4-11(8-12)14-17-13(19-18-14)7-10-3-2-6-16-9-10/h1,4-5,8,10,16H,2-3,6-7,9H2. The number of rotatable bonds is 3. The molecule has 100 valence electrons. The molecule has 0 saturated carbocycles. The van der Waals surface area contributed by atoms with Crippen molar-refractivity contribution in [2.75, 3.05) is 13.1 Å². The average Bonchev–Trinajstić information content (AvgIpc) is 2.88. The molecule has 0 radical (unpaired) electrons. The third-order valence-electron chi connectivity index (χ3n) is 3.41. The van der Waals surface area contributed by atoms with Crippen LogP contribution in [0.25, 0.3) is 11.4 Å². The fourth-order valence-corrected chi connectivity index (χ4v) is 2.83. The molecule has 0 spiro atoms. The lowest BCUT2D eigenvalue weighted by atomic mass is 9.96. The van der Waals surface area contributed by atoms with E-state index in [9.17, 15) is 0 Å². The van der Waals surface area contributed by atoms with Gasteiger partial charge in [-0.1, -0.05) is 33.2 Å². The average molecular weight is 322 g/mol. The monoisotopic (exact) mass is 321 g/mol. The second-order valence-electron chi connectivity index (χ2n) is 4.94. The van der Waals surface area contributed by atoms with Crippen molar-refractivity contribution in [3.05, 3.63) is 34.6 Å². The highest BCUT2D eigenvalue weighted by molar-refractivity contribution is 9.10. The van der Waals surface area contributed by atoms with Crippen LogP contribution >= 0.6 is 15.9 Å². The number of hydrogen-bond donors (Lipinski definition) is 1. The van der Waals surface area contributed by atoms with Crippen molar-refractivity contribution in [3.8, 4) is 11.4 Å². The number of piperidine rings is 1. The summed E-state index contributed by atoms with van der Waals surface area (Å²) in [6.07, 6.45) is 3.34. The van der Waals surface area contributed by atoms with Crippen molar-refractivity contribution in [2.24, 2.45) is 5.92 Å². The number of nitrogens with zero attached hydrogens (tertiary/aromatic N) is 2. The van der Waals surface area contributed by atoms with Crippen LogP contribution in [0.5, 0.6) is 0 Å². The van der Waals surface area contributed by atoms with E-state index < -0.39 is 0 Å². The van der Waals surface area contributed by atoms with Gasteiger partial charge in [0, 0.05) is 16.5 Å². The summed E-state index contributed by atoms with van der Waals surface area (Å²) in [6, 6.07) is 7.94. The number of halogens is 1. The van der Waals surface area contributed by atoms with Crippen LogP contribution in [0.2, 0.25) is 0 Å². The summed E-state index contributed by atoms with van der Waals surface area (Å²) in [6.45, 7) is 2.18. The van der Waals surface area contributed by atoms with Gasteiger partial charge in [-0.2, -0.15) is 4.98 Å². The maximum atomic E-state index is 5.36. The van der Waals surface area contributed by atoms with Gasteiger partial charge in [0.2, 0.25) is 11.7 Å². The molecular weight excluding hydrogens is 306 g/mol. The first-order chi connectivity index (χ1) is 9.31. The minimum Gasteiger partial charge on any atom is -0.339 e. The summed E-state index contributed by atoms with van der Waals surface area (Å²) in [7, 11) is 0. The first-order valence-electron chi connectivity index (χ1n) is 6.60. The Labute approximate surface area is 120 Å². The van der Waals surface area contributed by atoms with Crippen LogP contribution in [-0.4, -0.2) is 23.2 Å². The van der Waals surface area contributed by atoms with Gasteiger partial charge in [-0.05, 0) is 44.0 Å². The van der Waals surface area contributed by atoms with Gasteiger partial charge >= 0.3 is 0 Å². The molecule has 1 atom stereocenters. The fourth-order valence-electron chi connectivity index (χ4n) is 2.43. The minimum absolute atomic E-state index is 0.615. The Kier molecular flexibility index (Phi) is 3.94. The zero-order valence-corrected chi connectivity index (χ0v) is 12.2. The molecule has 1 aliphatic rings. The lowest BCUT2D eigenvalue weighted by Gasteiger charge is -2.20. The van der Waals surface area contributed by atoms with E-state index in [4.69, 9.17) is 4.52 Å². The quantitative estimate of drug-likeness (QED) is 0.944. The van der Waals surface area contributed by atoms with E-state index in [1.54, 1.807) is 0 Å². The van der Waals surface area contributed by atoms with Crippen LogP contribution in [-0.2, 0) is 6.42 Å². The summed E-state index contributed by atoms with van der Waals surface area (Å²) in [4.78, 5) is 4.49. The Morgan fingerprint density at radius 3 is 3.16 bits per heavy atom. The summed E-state index contributed by atoms with van der Waals surface area (Å²) in [5.74, 6) is 2.02. The molecule has 5 heteroatoms. The lowest BCUT2D eigenvalue weighted by Crippen LogP contribution is -2.30. The highest BCUT2D eigenvalue weighted by Crippen LogP contribution is 2.22. The smallest absolute Gasteiger partial charge is 0.227 e. The van der Waals surface area contributed by atoms with Crippen molar-refractivity contribution >= 4 is 15.9 Å². The second kappa shape index (κ2) is 5.84. The first kappa shape index (κ1) is 12.8. The van der Waals surface area contributed by atoms with Crippen LogP contribution < -0.4 is 5.32 Å². The van der Waals surface area contributed by atoms with E-state index in [0.29, 0.717) is 11.7 Å². The van der Waals surface area contributed by atoms with Gasteiger partial charge in [-0.15, -0.1) is 0 Å². The topological polar surface area (TPSA) is 51.0 Å². The molecule has 1 fully saturated rings. The minimum atomic E-state index is 0.615. The predicted octanol–water partition coefficient (Wildman–Crippen LogP) is 3.04. The number of hydrogen-bond acceptors (Lipinski definition) is 4. The van der Waals surface area contributed by atoms with E-state index in [1.807, 2.05) is 24.3 Å². The molecule has 19 heavy (non-hydrogen) atoms. The van der Waals surface area contributed by atoms with Crippen LogP contribution in [0.15, 0.2) is 33.3 Å². The molecule has 0 aliphatic carbocycles. The maximum absolute atomic E-state index is 5.36. The molecule has 0 bridgehead atoms. The van der Waals surface area contributed by atoms with Crippen molar-refractivity contribution in [1.82, 2.24) is 15.5 Å². The molecular formula is C14H16BrN3O. The van der Waals surface area contributed by atoms with Crippen molar-refractivity contribution in [3.63, 3.8) is 0 Å². The van der Waals surface area contributed by atoms with Gasteiger partial charge in [-0.3, -0.25) is 0 Å². The van der Waals surface area contributed by atoms with Gasteiger partial charge in [0.05, 0.1) is 0 Å². The van der Waals surface area contributed by atoms with E-state index in [-0.39, 0.29) is 0 Å². The molecule has 1 aromatic carbocycles. The summed E-state index contributed by atoms with van der Waals surface area (Å²) < 4.78 is 6.38. The van der Waals surface area contributed by atoms with E-state index in [0.717, 1.165) is 35.4 Å². The van der Waals surface area contributed by atoms with Gasteiger partial charge in [0.25, 0.3) is 0 Å². The summed E-state index contributed by atoms with van der Waals surface area (Å²) in [5.41, 5.74) is 0.978. The molecule has 3 rings (SSSR count). The third kappa shape index (κ3) is 3.22. The van der Waals surface area contributed by atoms with Crippen molar-refractivity contribution in [1.29, 1.82) is 0 Å². The molecule has 1 aromatic heterocycles. The first-order valence-corrected chi connectivity index (χ1v) is 7.40. The number of aromatic nitrogens is 2. The Hall–Kier alpha value is -1.20. The van der Waals surface area contributed by atoms with E-state index >= 15 is 0 Å². The van der Waals surface area contributed by atoms with Crippen molar-refractivity contribution in [2.45, 2.75) is 19.3 Å². The Bertz CT molecular complexity index is 549. The predicted molar refractivity (Wildman–Crippen MR) is 76.7 cm³/mol. The molecule has 1 saturated heterocycles. The highest BCUT2D eigenvalue weighted by Gasteiger charge is 2.17. The summed E-state index contributed by atoms with van der Waals surface area (Å²) >= 11 is 3.45. The maximum Gasteiger partial charge on any atom is 0.227 e. The Morgan fingerprint density at radius 2 is 2.37 bits per heavy atom. The van der Waals surface area contributed by atoms with Crippen LogP contribution in [0, 0.1) is 5.92 Å². The number of nitrogens with one attached hydrogen (secondary N) is 1. The Balaban J connectivity index is 1.72. The molecule has 2 heterocycles. The molecule has 2 aromatic rings. The fraction of sp³-hybridized carbons (Fsp3) is 0.429. The summed E-state index contributed by atoms with van der Waals surface area (Å²) in [5, 5.41) is 7.47. The molecule has 0 amide bonds. The van der Waals surface area contributed by atoms with Crippen molar-refractivity contribution < 1.29 is 4.52 Å². The van der Waals surface area contributed by atoms with Gasteiger partial charge in [0.15, 0.2) is 0 Å². The van der Waals surface area contributed by atoms with Crippen LogP contribution in [0.4, 0.5) is 0 Å². The largest absolute Gasteiger partial charge is 0.339 e. The van der Waals surface area contributed by atoms with Gasteiger partial charge < -0.3 is 9.84 Å². The van der Waals surface area contributed by atoms with Crippen LogP contribution in [0.3, 0.4) is 0 Å². The number of benzene rings is 1. The SMILES string of the molecule is Brc1cccc(-c2noc(CC3CCCNC3)n2)c1. The molecule has 1 aliphatic heterocycles. The molecule has 1 N–H and O–H groups in total. The van der Waals surface area contributed by atoms with E-state index in [1.165, 1.54) is 12.8 Å². The Morgan fingerprint density at radius 1 is 1.42 bits per heavy atom. The van der Waals surface area contributed by atoms with Crippen LogP contribution in [0.1, 0.15) is 18.7 Å². The van der Waals surface area contributed by atoms with Gasteiger partial charge in [-0.25, -0.2) is 0 Å². The van der Waals surface area contributed by atoms with Gasteiger partial charge in [0.1, 0.15) is 0 Å². The second-order valence-corrected chi connectivity index (χ2v) is 5.85.